The van der Waals surface area contributed by atoms with Gasteiger partial charge in [-0.3, -0.25) is 4.79 Å². The van der Waals surface area contributed by atoms with Gasteiger partial charge in [0.15, 0.2) is 5.78 Å². The topological polar surface area (TPSA) is 87.0 Å². The van der Waals surface area contributed by atoms with Gasteiger partial charge in [-0.05, 0) is 44.0 Å². The molecule has 23 heavy (non-hydrogen) atoms. The maximum absolute atomic E-state index is 13.0. The van der Waals surface area contributed by atoms with Gasteiger partial charge in [-0.15, -0.1) is 0 Å². The molecule has 1 aromatic carbocycles. The number of nitrogens with zero attached hydrogens (tertiary/aromatic N) is 2. The van der Waals surface area contributed by atoms with Crippen molar-refractivity contribution in [3.8, 4) is 0 Å². The highest BCUT2D eigenvalue weighted by Gasteiger charge is 2.37. The number of carbonyl (C=O) groups excluding carboxylic acids is 1. The number of benzene rings is 1. The molecule has 1 atom stereocenters. The number of carbonyl (C=O) groups is 1. The van der Waals surface area contributed by atoms with Crippen LogP contribution in [-0.2, 0) is 14.8 Å². The second kappa shape index (κ2) is 7.18. The first-order chi connectivity index (χ1) is 10.9. The van der Waals surface area contributed by atoms with Crippen molar-refractivity contribution in [2.24, 2.45) is 5.16 Å². The summed E-state index contributed by atoms with van der Waals surface area (Å²) in [5.41, 5.74) is 0.236. The Bertz CT molecular complexity index is 701. The third kappa shape index (κ3) is 3.94. The molecule has 0 saturated carbocycles. The first kappa shape index (κ1) is 17.6. The molecule has 6 nitrogen and oxygen atoms in total. The first-order valence-electron chi connectivity index (χ1n) is 7.34. The summed E-state index contributed by atoms with van der Waals surface area (Å²) in [6, 6.07) is 3.77. The molecule has 0 bridgehead atoms. The summed E-state index contributed by atoms with van der Waals surface area (Å²) in [5.74, 6) is -0.823. The standard InChI is InChI=1S/C15H19FN2O4S/c1-11(17-20)10-15(19)14-4-2-3-9-18(14)23(21,22)13-7-5-12(16)6-8-13/h5-8,14,20H,2-4,9-10H2,1H3/t14-/m0/s1. The molecule has 2 rings (SSSR count). The highest BCUT2D eigenvalue weighted by Crippen LogP contribution is 2.26. The third-order valence-corrected chi connectivity index (χ3v) is 5.77. The molecule has 0 unspecified atom stereocenters. The summed E-state index contributed by atoms with van der Waals surface area (Å²) < 4.78 is 39.7. The summed E-state index contributed by atoms with van der Waals surface area (Å²) in [4.78, 5) is 12.3. The second-order valence-electron chi connectivity index (χ2n) is 5.56. The minimum Gasteiger partial charge on any atom is -0.411 e. The van der Waals surface area contributed by atoms with E-state index in [0.717, 1.165) is 18.6 Å². The molecule has 1 saturated heterocycles. The van der Waals surface area contributed by atoms with Crippen molar-refractivity contribution in [3.63, 3.8) is 0 Å². The Morgan fingerprint density at radius 3 is 2.61 bits per heavy atom. The zero-order valence-electron chi connectivity index (χ0n) is 12.8. The Morgan fingerprint density at radius 1 is 1.35 bits per heavy atom. The Morgan fingerprint density at radius 2 is 2.00 bits per heavy atom. The molecular formula is C15H19FN2O4S. The minimum absolute atomic E-state index is 0.0360. The van der Waals surface area contributed by atoms with Gasteiger partial charge in [0.1, 0.15) is 5.82 Å². The van der Waals surface area contributed by atoms with Gasteiger partial charge in [0.2, 0.25) is 10.0 Å². The number of oxime groups is 1. The van der Waals surface area contributed by atoms with Crippen molar-refractivity contribution < 1.29 is 22.8 Å². The molecule has 1 N–H and O–H groups in total. The van der Waals surface area contributed by atoms with Crippen molar-refractivity contribution in [3.05, 3.63) is 30.1 Å². The predicted molar refractivity (Wildman–Crippen MR) is 82.5 cm³/mol. The van der Waals surface area contributed by atoms with Crippen molar-refractivity contribution in [2.75, 3.05) is 6.54 Å². The lowest BCUT2D eigenvalue weighted by atomic mass is 9.98. The molecule has 126 valence electrons. The van der Waals surface area contributed by atoms with Crippen LogP contribution in [-0.4, -0.2) is 42.0 Å². The van der Waals surface area contributed by atoms with Crippen molar-refractivity contribution in [1.82, 2.24) is 4.31 Å². The molecule has 0 amide bonds. The van der Waals surface area contributed by atoms with Gasteiger partial charge in [-0.1, -0.05) is 11.6 Å². The van der Waals surface area contributed by atoms with Gasteiger partial charge in [-0.2, -0.15) is 4.31 Å². The van der Waals surface area contributed by atoms with Gasteiger partial charge in [0.05, 0.1) is 16.6 Å². The molecule has 1 aliphatic rings. The quantitative estimate of drug-likeness (QED) is 0.505. The number of hydrogen-bond acceptors (Lipinski definition) is 5. The van der Waals surface area contributed by atoms with Crippen LogP contribution in [0.3, 0.4) is 0 Å². The Labute approximate surface area is 134 Å². The van der Waals surface area contributed by atoms with Gasteiger partial charge >= 0.3 is 0 Å². The first-order valence-corrected chi connectivity index (χ1v) is 8.78. The molecule has 8 heteroatoms. The molecule has 0 aliphatic carbocycles. The van der Waals surface area contributed by atoms with E-state index in [0.29, 0.717) is 12.8 Å². The van der Waals surface area contributed by atoms with E-state index in [9.17, 15) is 17.6 Å². The smallest absolute Gasteiger partial charge is 0.243 e. The van der Waals surface area contributed by atoms with Crippen LogP contribution >= 0.6 is 0 Å². The maximum Gasteiger partial charge on any atom is 0.243 e. The van der Waals surface area contributed by atoms with E-state index >= 15 is 0 Å². The van der Waals surface area contributed by atoms with Gasteiger partial charge in [-0.25, -0.2) is 12.8 Å². The normalized spacial score (nSPS) is 20.4. The molecule has 0 radical (unpaired) electrons. The molecular weight excluding hydrogens is 323 g/mol. The highest BCUT2D eigenvalue weighted by molar-refractivity contribution is 7.89. The monoisotopic (exact) mass is 342 g/mol. The summed E-state index contributed by atoms with van der Waals surface area (Å²) in [7, 11) is -3.87. The largest absolute Gasteiger partial charge is 0.411 e. The molecule has 0 aromatic heterocycles. The summed E-state index contributed by atoms with van der Waals surface area (Å²) >= 11 is 0. The van der Waals surface area contributed by atoms with Crippen LogP contribution in [0.5, 0.6) is 0 Å². The SMILES string of the molecule is CC(CC(=O)[C@@H]1CCCCN1S(=O)(=O)c1ccc(F)cc1)=NO. The van der Waals surface area contributed by atoms with E-state index in [-0.39, 0.29) is 29.4 Å². The van der Waals surface area contributed by atoms with E-state index in [1.165, 1.54) is 23.4 Å². The molecule has 1 aliphatic heterocycles. The lowest BCUT2D eigenvalue weighted by Gasteiger charge is -2.33. The molecule has 1 fully saturated rings. The molecule has 1 aromatic rings. The fourth-order valence-corrected chi connectivity index (χ4v) is 4.34. The number of hydrogen-bond donors (Lipinski definition) is 1. The predicted octanol–water partition coefficient (Wildman–Crippen LogP) is 2.18. The Balaban J connectivity index is 2.30. The fourth-order valence-electron chi connectivity index (χ4n) is 2.66. The van der Waals surface area contributed by atoms with Crippen LogP contribution in [0, 0.1) is 5.82 Å². The van der Waals surface area contributed by atoms with E-state index in [2.05, 4.69) is 5.16 Å². The molecule has 1 heterocycles. The van der Waals surface area contributed by atoms with E-state index in [1.54, 1.807) is 0 Å². The second-order valence-corrected chi connectivity index (χ2v) is 7.45. The van der Waals surface area contributed by atoms with Crippen molar-refractivity contribution >= 4 is 21.5 Å². The van der Waals surface area contributed by atoms with Crippen LogP contribution in [0.4, 0.5) is 4.39 Å². The van der Waals surface area contributed by atoms with Crippen molar-refractivity contribution in [1.29, 1.82) is 0 Å². The van der Waals surface area contributed by atoms with Gasteiger partial charge in [0, 0.05) is 13.0 Å². The van der Waals surface area contributed by atoms with Gasteiger partial charge < -0.3 is 5.21 Å². The minimum atomic E-state index is -3.87. The van der Waals surface area contributed by atoms with E-state index in [1.807, 2.05) is 0 Å². The number of rotatable bonds is 5. The van der Waals surface area contributed by atoms with Crippen LogP contribution < -0.4 is 0 Å². The fraction of sp³-hybridized carbons (Fsp3) is 0.467. The average molecular weight is 342 g/mol. The van der Waals surface area contributed by atoms with Crippen LogP contribution in [0.25, 0.3) is 0 Å². The number of ketones is 1. The van der Waals surface area contributed by atoms with E-state index in [4.69, 9.17) is 5.21 Å². The lowest BCUT2D eigenvalue weighted by molar-refractivity contribution is -0.122. The number of Topliss-reactive ketones (excluding diaryl/α,β-unsaturated/α-hetero) is 1. The summed E-state index contributed by atoms with van der Waals surface area (Å²) in [6.07, 6.45) is 1.74. The number of piperidine rings is 1. The van der Waals surface area contributed by atoms with Crippen LogP contribution in [0.2, 0.25) is 0 Å². The Hall–Kier alpha value is -1.80. The number of halogens is 1. The maximum atomic E-state index is 13.0. The van der Waals surface area contributed by atoms with Crippen molar-refractivity contribution in [2.45, 2.75) is 43.5 Å². The summed E-state index contributed by atoms with van der Waals surface area (Å²) in [5, 5.41) is 11.6. The molecule has 0 spiro atoms. The van der Waals surface area contributed by atoms with Crippen LogP contribution in [0.15, 0.2) is 34.3 Å². The Kier molecular flexibility index (Phi) is 5.48. The van der Waals surface area contributed by atoms with Gasteiger partial charge in [0.25, 0.3) is 0 Å². The van der Waals surface area contributed by atoms with Crippen LogP contribution in [0.1, 0.15) is 32.6 Å². The lowest BCUT2D eigenvalue weighted by Crippen LogP contribution is -2.48. The third-order valence-electron chi connectivity index (χ3n) is 3.85. The zero-order valence-corrected chi connectivity index (χ0v) is 13.6. The average Bonchev–Trinajstić information content (AvgIpc) is 2.55. The highest BCUT2D eigenvalue weighted by atomic mass is 32.2. The number of sulfonamides is 1. The van der Waals surface area contributed by atoms with E-state index < -0.39 is 21.9 Å². The summed E-state index contributed by atoms with van der Waals surface area (Å²) in [6.45, 7) is 1.74. The zero-order chi connectivity index (χ0) is 17.0.